The third kappa shape index (κ3) is 4.83. The van der Waals surface area contributed by atoms with Gasteiger partial charge in [-0.2, -0.15) is 0 Å². The van der Waals surface area contributed by atoms with Gasteiger partial charge in [0.1, 0.15) is 5.82 Å². The molecular weight excluding hydrogens is 376 g/mol. The number of rotatable bonds is 3. The third-order valence-electron chi connectivity index (χ3n) is 3.90. The van der Waals surface area contributed by atoms with Crippen molar-refractivity contribution in [3.05, 3.63) is 16.7 Å². The van der Waals surface area contributed by atoms with Gasteiger partial charge in [-0.1, -0.05) is 20.8 Å². The van der Waals surface area contributed by atoms with Crippen LogP contribution in [0.2, 0.25) is 0 Å². The monoisotopic (exact) mass is 398 g/mol. The van der Waals surface area contributed by atoms with Crippen LogP contribution in [0.1, 0.15) is 33.6 Å². The highest BCUT2D eigenvalue weighted by atomic mass is 79.9. The van der Waals surface area contributed by atoms with Crippen LogP contribution in [0.4, 0.5) is 16.3 Å². The lowest BCUT2D eigenvalue weighted by Crippen LogP contribution is -2.41. The Morgan fingerprint density at radius 2 is 1.96 bits per heavy atom. The van der Waals surface area contributed by atoms with E-state index in [9.17, 15) is 9.59 Å². The fourth-order valence-corrected chi connectivity index (χ4v) is 2.69. The van der Waals surface area contributed by atoms with Crippen molar-refractivity contribution in [2.45, 2.75) is 39.7 Å². The molecule has 3 N–H and O–H groups in total. The predicted octanol–water partition coefficient (Wildman–Crippen LogP) is 3.38. The molecule has 2 heterocycles. The highest BCUT2D eigenvalue weighted by Gasteiger charge is 2.24. The summed E-state index contributed by atoms with van der Waals surface area (Å²) in [5, 5.41) is 15.2. The zero-order chi connectivity index (χ0) is 17.9. The van der Waals surface area contributed by atoms with Gasteiger partial charge < -0.3 is 20.6 Å². The number of likely N-dealkylation sites (tertiary alicyclic amines) is 1. The Morgan fingerprint density at radius 3 is 2.50 bits per heavy atom. The van der Waals surface area contributed by atoms with E-state index in [0.29, 0.717) is 18.9 Å². The normalized spacial score (nSPS) is 15.9. The van der Waals surface area contributed by atoms with Crippen molar-refractivity contribution in [2.75, 3.05) is 23.7 Å². The van der Waals surface area contributed by atoms with Crippen molar-refractivity contribution in [2.24, 2.45) is 5.41 Å². The highest BCUT2D eigenvalue weighted by molar-refractivity contribution is 9.10. The Balaban J connectivity index is 2.02. The van der Waals surface area contributed by atoms with E-state index in [1.807, 2.05) is 20.8 Å². The number of pyridine rings is 1. The van der Waals surface area contributed by atoms with E-state index in [1.54, 1.807) is 12.3 Å². The van der Waals surface area contributed by atoms with E-state index in [2.05, 4.69) is 31.5 Å². The van der Waals surface area contributed by atoms with Crippen LogP contribution in [0.5, 0.6) is 0 Å². The van der Waals surface area contributed by atoms with Gasteiger partial charge in [0.05, 0.1) is 10.2 Å². The zero-order valence-corrected chi connectivity index (χ0v) is 15.7. The smallest absolute Gasteiger partial charge is 0.407 e. The molecular formula is C16H23BrN4O3. The minimum atomic E-state index is -0.870. The number of piperidine rings is 1. The van der Waals surface area contributed by atoms with Crippen molar-refractivity contribution in [1.29, 1.82) is 0 Å². The van der Waals surface area contributed by atoms with Crippen LogP contribution in [0.25, 0.3) is 0 Å². The van der Waals surface area contributed by atoms with Crippen molar-refractivity contribution in [3.8, 4) is 0 Å². The summed E-state index contributed by atoms with van der Waals surface area (Å²) in [5.74, 6) is 0.390. The Morgan fingerprint density at radius 1 is 1.33 bits per heavy atom. The second kappa shape index (κ2) is 7.38. The molecule has 1 aromatic heterocycles. The molecule has 0 aliphatic carbocycles. The van der Waals surface area contributed by atoms with E-state index < -0.39 is 11.5 Å². The number of aromatic nitrogens is 1. The molecule has 1 fully saturated rings. The van der Waals surface area contributed by atoms with Crippen LogP contribution in [0.3, 0.4) is 0 Å². The number of carbonyl (C=O) groups is 2. The predicted molar refractivity (Wildman–Crippen MR) is 96.3 cm³/mol. The highest BCUT2D eigenvalue weighted by Crippen LogP contribution is 2.27. The number of hydrogen-bond acceptors (Lipinski definition) is 4. The van der Waals surface area contributed by atoms with Gasteiger partial charge in [-0.05, 0) is 28.8 Å². The maximum absolute atomic E-state index is 12.1. The fraction of sp³-hybridized carbons (Fsp3) is 0.562. The van der Waals surface area contributed by atoms with Crippen LogP contribution in [0, 0.1) is 5.41 Å². The molecule has 1 aliphatic rings. The molecule has 1 aromatic rings. The Kier molecular flexibility index (Phi) is 5.69. The molecule has 24 heavy (non-hydrogen) atoms. The molecule has 0 bridgehead atoms. The van der Waals surface area contributed by atoms with E-state index >= 15 is 0 Å². The van der Waals surface area contributed by atoms with E-state index in [1.165, 1.54) is 4.90 Å². The summed E-state index contributed by atoms with van der Waals surface area (Å²) in [7, 11) is 0. The summed E-state index contributed by atoms with van der Waals surface area (Å²) >= 11 is 3.46. The van der Waals surface area contributed by atoms with Gasteiger partial charge in [0.25, 0.3) is 0 Å². The summed E-state index contributed by atoms with van der Waals surface area (Å²) in [6, 6.07) is 1.97. The number of amides is 2. The molecule has 2 amide bonds. The average Bonchev–Trinajstić information content (AvgIpc) is 2.50. The molecule has 0 radical (unpaired) electrons. The van der Waals surface area contributed by atoms with Gasteiger partial charge in [-0.25, -0.2) is 9.78 Å². The quantitative estimate of drug-likeness (QED) is 0.725. The molecule has 0 saturated carbocycles. The lowest BCUT2D eigenvalue weighted by Gasteiger charge is -2.31. The molecule has 0 unspecified atom stereocenters. The summed E-state index contributed by atoms with van der Waals surface area (Å²) in [6.07, 6.45) is 2.26. The van der Waals surface area contributed by atoms with Gasteiger partial charge in [0.15, 0.2) is 0 Å². The van der Waals surface area contributed by atoms with Gasteiger partial charge in [-0.3, -0.25) is 4.79 Å². The molecule has 1 saturated heterocycles. The first-order chi connectivity index (χ1) is 11.2. The molecule has 7 nitrogen and oxygen atoms in total. The first-order valence-electron chi connectivity index (χ1n) is 7.88. The lowest BCUT2D eigenvalue weighted by atomic mass is 9.96. The number of anilines is 2. The summed E-state index contributed by atoms with van der Waals surface area (Å²) in [5.41, 5.74) is 0.342. The summed E-state index contributed by atoms with van der Waals surface area (Å²) in [6.45, 7) is 6.57. The number of carboxylic acid groups (broad SMARTS) is 1. The van der Waals surface area contributed by atoms with Gasteiger partial charge >= 0.3 is 6.09 Å². The minimum absolute atomic E-state index is 0.0990. The standard InChI is InChI=1S/C16H23BrN4O3/c1-16(2,3)14(22)20-13-8-12(11(17)9-18-13)19-10-4-6-21(7-5-10)15(23)24/h8-10H,4-7H2,1-3H3,(H,23,24)(H2,18,19,20,22). The van der Waals surface area contributed by atoms with Crippen LogP contribution in [-0.2, 0) is 4.79 Å². The zero-order valence-electron chi connectivity index (χ0n) is 14.1. The van der Waals surface area contributed by atoms with E-state index in [-0.39, 0.29) is 11.9 Å². The number of halogens is 1. The summed E-state index contributed by atoms with van der Waals surface area (Å²) in [4.78, 5) is 28.7. The third-order valence-corrected chi connectivity index (χ3v) is 4.54. The van der Waals surface area contributed by atoms with Crippen LogP contribution < -0.4 is 10.6 Å². The van der Waals surface area contributed by atoms with E-state index in [0.717, 1.165) is 23.0 Å². The first kappa shape index (κ1) is 18.5. The van der Waals surface area contributed by atoms with Gasteiger partial charge in [0, 0.05) is 36.8 Å². The maximum atomic E-state index is 12.1. The summed E-state index contributed by atoms with van der Waals surface area (Å²) < 4.78 is 0.803. The number of nitrogens with one attached hydrogen (secondary N) is 2. The largest absolute Gasteiger partial charge is 0.465 e. The van der Waals surface area contributed by atoms with E-state index in [4.69, 9.17) is 5.11 Å². The van der Waals surface area contributed by atoms with Crippen molar-refractivity contribution >= 4 is 39.4 Å². The van der Waals surface area contributed by atoms with Crippen molar-refractivity contribution in [1.82, 2.24) is 9.88 Å². The SMILES string of the molecule is CC(C)(C)C(=O)Nc1cc(NC2CCN(C(=O)O)CC2)c(Br)cn1. The van der Waals surface area contributed by atoms with Gasteiger partial charge in [0.2, 0.25) is 5.91 Å². The Hall–Kier alpha value is -1.83. The number of carbonyl (C=O) groups excluding carboxylic acids is 1. The second-order valence-corrected chi connectivity index (χ2v) is 7.80. The first-order valence-corrected chi connectivity index (χ1v) is 8.67. The average molecular weight is 399 g/mol. The molecule has 0 aromatic carbocycles. The van der Waals surface area contributed by atoms with Gasteiger partial charge in [-0.15, -0.1) is 0 Å². The van der Waals surface area contributed by atoms with Crippen molar-refractivity contribution in [3.63, 3.8) is 0 Å². The van der Waals surface area contributed by atoms with Crippen LogP contribution in [-0.4, -0.2) is 46.1 Å². The molecule has 0 spiro atoms. The molecule has 1 aliphatic heterocycles. The minimum Gasteiger partial charge on any atom is -0.465 e. The molecule has 2 rings (SSSR count). The molecule has 8 heteroatoms. The van der Waals surface area contributed by atoms with Crippen LogP contribution in [0.15, 0.2) is 16.7 Å². The van der Waals surface area contributed by atoms with Crippen LogP contribution >= 0.6 is 15.9 Å². The Labute approximate surface area is 150 Å². The lowest BCUT2D eigenvalue weighted by molar-refractivity contribution is -0.123. The fourth-order valence-electron chi connectivity index (χ4n) is 2.36. The molecule has 0 atom stereocenters. The maximum Gasteiger partial charge on any atom is 0.407 e. The second-order valence-electron chi connectivity index (χ2n) is 6.94. The van der Waals surface area contributed by atoms with Crippen molar-refractivity contribution < 1.29 is 14.7 Å². The number of nitrogens with zero attached hydrogens (tertiary/aromatic N) is 2. The molecule has 132 valence electrons. The Bertz CT molecular complexity index is 622. The number of hydrogen-bond donors (Lipinski definition) is 3. The topological polar surface area (TPSA) is 94.6 Å².